The van der Waals surface area contributed by atoms with Gasteiger partial charge in [0.05, 0.1) is 0 Å². The Morgan fingerprint density at radius 1 is 1.50 bits per heavy atom. The number of hydrogen-bond donors (Lipinski definition) is 0. The van der Waals surface area contributed by atoms with Crippen LogP contribution in [-0.2, 0) is 5.11 Å². The predicted molar refractivity (Wildman–Crippen MR) is 34.4 cm³/mol. The minimum Gasteiger partial charge on any atom is -0.294 e. The van der Waals surface area contributed by atoms with Crippen molar-refractivity contribution in [1.82, 2.24) is 4.98 Å². The molecular weight excluding hydrogens is 130 g/mol. The van der Waals surface area contributed by atoms with Crippen LogP contribution in [-0.4, -0.2) is 10.8 Å². The van der Waals surface area contributed by atoms with Crippen molar-refractivity contribution in [1.29, 1.82) is 0 Å². The van der Waals surface area contributed by atoms with Gasteiger partial charge >= 0.3 is 0 Å². The van der Waals surface area contributed by atoms with Crippen LogP contribution in [0.2, 0.25) is 0 Å². The lowest BCUT2D eigenvalue weighted by Gasteiger charge is -1.90. The highest BCUT2D eigenvalue weighted by molar-refractivity contribution is 5.93. The van der Waals surface area contributed by atoms with E-state index in [9.17, 15) is 9.90 Å². The summed E-state index contributed by atoms with van der Waals surface area (Å²) in [5.74, 6) is -0.391. The number of Topliss-reactive ketones (excluding diaryl/α,β-unsaturated/α-hetero) is 1. The van der Waals surface area contributed by atoms with Gasteiger partial charge in [-0.2, -0.15) is 0 Å². The van der Waals surface area contributed by atoms with E-state index in [-0.39, 0.29) is 11.7 Å². The molecule has 0 amide bonds. The van der Waals surface area contributed by atoms with Crippen LogP contribution in [0.3, 0.4) is 0 Å². The van der Waals surface area contributed by atoms with Crippen LogP contribution in [0, 0.1) is 0 Å². The second-order valence-electron chi connectivity index (χ2n) is 1.94. The fourth-order valence-corrected chi connectivity index (χ4v) is 0.589. The zero-order valence-electron chi connectivity index (χ0n) is 5.50. The van der Waals surface area contributed by atoms with Gasteiger partial charge in [0.2, 0.25) is 0 Å². The molecule has 1 aromatic heterocycles. The molecule has 3 heteroatoms. The second-order valence-corrected chi connectivity index (χ2v) is 1.94. The minimum absolute atomic E-state index is 0.0764. The van der Waals surface area contributed by atoms with E-state index in [1.165, 1.54) is 25.3 Å². The molecule has 0 aromatic carbocycles. The quantitative estimate of drug-likeness (QED) is 0.548. The first-order valence-electron chi connectivity index (χ1n) is 2.84. The SMILES string of the molecule is CC(=O)c1ccc([O])nc1. The highest BCUT2D eigenvalue weighted by Gasteiger charge is 1.98. The van der Waals surface area contributed by atoms with Crippen molar-refractivity contribution in [2.45, 2.75) is 6.92 Å². The fourth-order valence-electron chi connectivity index (χ4n) is 0.589. The molecule has 10 heavy (non-hydrogen) atoms. The molecule has 0 fully saturated rings. The number of pyridine rings is 1. The zero-order valence-corrected chi connectivity index (χ0v) is 5.50. The van der Waals surface area contributed by atoms with Gasteiger partial charge in [0.15, 0.2) is 5.78 Å². The highest BCUT2D eigenvalue weighted by atomic mass is 16.3. The van der Waals surface area contributed by atoms with Crippen molar-refractivity contribution in [3.8, 4) is 5.88 Å². The summed E-state index contributed by atoms with van der Waals surface area (Å²) in [7, 11) is 0. The maximum absolute atomic E-state index is 10.6. The summed E-state index contributed by atoms with van der Waals surface area (Å²) in [5.41, 5.74) is 0.472. The molecule has 1 aromatic rings. The van der Waals surface area contributed by atoms with E-state index >= 15 is 0 Å². The van der Waals surface area contributed by atoms with Crippen LogP contribution in [0.5, 0.6) is 5.88 Å². The molecule has 0 bridgehead atoms. The third kappa shape index (κ3) is 1.31. The van der Waals surface area contributed by atoms with Gasteiger partial charge in [-0.05, 0) is 13.0 Å². The van der Waals surface area contributed by atoms with Gasteiger partial charge in [-0.15, -0.1) is 0 Å². The van der Waals surface area contributed by atoms with Gasteiger partial charge in [-0.25, -0.2) is 4.98 Å². The average molecular weight is 136 g/mol. The van der Waals surface area contributed by atoms with Crippen LogP contribution in [0.25, 0.3) is 0 Å². The van der Waals surface area contributed by atoms with Gasteiger partial charge in [-0.3, -0.25) is 9.90 Å². The molecule has 0 saturated heterocycles. The van der Waals surface area contributed by atoms with E-state index in [0.717, 1.165) is 0 Å². The summed E-state index contributed by atoms with van der Waals surface area (Å²) >= 11 is 0. The number of carbonyl (C=O) groups excluding carboxylic acids is 1. The molecule has 0 atom stereocenters. The van der Waals surface area contributed by atoms with Crippen molar-refractivity contribution in [2.24, 2.45) is 0 Å². The Labute approximate surface area is 58.3 Å². The third-order valence-electron chi connectivity index (χ3n) is 1.14. The molecule has 0 saturated carbocycles. The van der Waals surface area contributed by atoms with Crippen LogP contribution < -0.4 is 0 Å². The fraction of sp³-hybridized carbons (Fsp3) is 0.143. The lowest BCUT2D eigenvalue weighted by Crippen LogP contribution is -1.90. The molecule has 0 unspecified atom stereocenters. The van der Waals surface area contributed by atoms with E-state index in [2.05, 4.69) is 4.98 Å². The summed E-state index contributed by atoms with van der Waals surface area (Å²) in [6.07, 6.45) is 1.28. The Morgan fingerprint density at radius 2 is 2.20 bits per heavy atom. The summed E-state index contributed by atoms with van der Waals surface area (Å²) in [6.45, 7) is 1.43. The van der Waals surface area contributed by atoms with Crippen LogP contribution in [0.1, 0.15) is 17.3 Å². The van der Waals surface area contributed by atoms with Gasteiger partial charge in [-0.1, -0.05) is 0 Å². The Balaban J connectivity index is 3.00. The Morgan fingerprint density at radius 3 is 2.60 bits per heavy atom. The van der Waals surface area contributed by atoms with E-state index in [0.29, 0.717) is 5.56 Å². The van der Waals surface area contributed by atoms with Gasteiger partial charge in [0.1, 0.15) is 0 Å². The van der Waals surface area contributed by atoms with E-state index in [1.807, 2.05) is 0 Å². The molecular formula is C7H6NO2. The number of rotatable bonds is 1. The van der Waals surface area contributed by atoms with Crippen LogP contribution in [0.4, 0.5) is 0 Å². The highest BCUT2D eigenvalue weighted by Crippen LogP contribution is 2.05. The van der Waals surface area contributed by atoms with Crippen molar-refractivity contribution in [3.05, 3.63) is 23.9 Å². The first-order valence-corrected chi connectivity index (χ1v) is 2.84. The second kappa shape index (κ2) is 2.47. The third-order valence-corrected chi connectivity index (χ3v) is 1.14. The summed E-state index contributed by atoms with van der Waals surface area (Å²) in [4.78, 5) is 14.0. The lowest BCUT2D eigenvalue weighted by molar-refractivity contribution is 0.101. The summed E-state index contributed by atoms with van der Waals surface area (Å²) in [5, 5.41) is 10.4. The lowest BCUT2D eigenvalue weighted by atomic mass is 10.2. The average Bonchev–Trinajstić information content (AvgIpc) is 1.88. The molecule has 0 N–H and O–H groups in total. The molecule has 0 aliphatic rings. The van der Waals surface area contributed by atoms with Crippen molar-refractivity contribution < 1.29 is 9.90 Å². The van der Waals surface area contributed by atoms with E-state index < -0.39 is 0 Å². The summed E-state index contributed by atoms with van der Waals surface area (Å²) in [6, 6.07) is 2.74. The van der Waals surface area contributed by atoms with Gasteiger partial charge in [0.25, 0.3) is 5.88 Å². The molecule has 1 radical (unpaired) electrons. The number of aromatic nitrogens is 1. The predicted octanol–water partition coefficient (Wildman–Crippen LogP) is 1.43. The van der Waals surface area contributed by atoms with Crippen molar-refractivity contribution in [2.75, 3.05) is 0 Å². The summed E-state index contributed by atoms with van der Waals surface area (Å²) < 4.78 is 0. The molecule has 1 heterocycles. The molecule has 51 valence electrons. The smallest absolute Gasteiger partial charge is 0.269 e. The number of ketones is 1. The number of carbonyl (C=O) groups is 1. The normalized spacial score (nSPS) is 9.30. The first kappa shape index (κ1) is 6.74. The first-order chi connectivity index (χ1) is 4.70. The molecule has 0 aliphatic carbocycles. The maximum Gasteiger partial charge on any atom is 0.269 e. The zero-order chi connectivity index (χ0) is 7.56. The Hall–Kier alpha value is -1.38. The van der Waals surface area contributed by atoms with Crippen LogP contribution in [0.15, 0.2) is 18.3 Å². The monoisotopic (exact) mass is 136 g/mol. The largest absolute Gasteiger partial charge is 0.294 e. The standard InChI is InChI=1S/C7H6NO2/c1-5(9)6-2-3-7(10)8-4-6/h2-4H,1H3. The van der Waals surface area contributed by atoms with Crippen molar-refractivity contribution >= 4 is 5.78 Å². The molecule has 0 aliphatic heterocycles. The van der Waals surface area contributed by atoms with Gasteiger partial charge in [0, 0.05) is 17.8 Å². The topological polar surface area (TPSA) is 49.9 Å². The van der Waals surface area contributed by atoms with Gasteiger partial charge < -0.3 is 0 Å². The van der Waals surface area contributed by atoms with Crippen molar-refractivity contribution in [3.63, 3.8) is 0 Å². The molecule has 3 nitrogen and oxygen atoms in total. The molecule has 1 rings (SSSR count). The molecule has 0 spiro atoms. The Kier molecular flexibility index (Phi) is 1.67. The number of hydrogen-bond acceptors (Lipinski definition) is 2. The van der Waals surface area contributed by atoms with E-state index in [4.69, 9.17) is 0 Å². The minimum atomic E-state index is -0.315. The van der Waals surface area contributed by atoms with E-state index in [1.54, 1.807) is 0 Å². The number of nitrogens with zero attached hydrogens (tertiary/aromatic N) is 1. The Bertz CT molecular complexity index is 240. The maximum atomic E-state index is 10.6. The van der Waals surface area contributed by atoms with Crippen LogP contribution >= 0.6 is 0 Å².